The lowest BCUT2D eigenvalue weighted by Gasteiger charge is -2.05. The van der Waals surface area contributed by atoms with E-state index >= 15 is 0 Å². The average Bonchev–Trinajstić information content (AvgIpc) is 2.52. The lowest BCUT2D eigenvalue weighted by atomic mass is 10.3. The van der Waals surface area contributed by atoms with Crippen LogP contribution in [0, 0.1) is 13.8 Å². The molecule has 1 heterocycles. The van der Waals surface area contributed by atoms with Crippen molar-refractivity contribution in [3.63, 3.8) is 0 Å². The molecule has 0 saturated carbocycles. The van der Waals surface area contributed by atoms with Crippen molar-refractivity contribution in [1.82, 2.24) is 15.1 Å². The van der Waals surface area contributed by atoms with Gasteiger partial charge in [0.25, 0.3) is 5.91 Å². The molecule has 1 rings (SSSR count). The monoisotopic (exact) mass is 301 g/mol. The Morgan fingerprint density at radius 1 is 1.41 bits per heavy atom. The molecule has 1 N–H and O–H groups in total. The van der Waals surface area contributed by atoms with Crippen molar-refractivity contribution < 1.29 is 9.59 Å². The fourth-order valence-corrected chi connectivity index (χ4v) is 1.73. The van der Waals surface area contributed by atoms with E-state index in [4.69, 9.17) is 0 Å². The predicted molar refractivity (Wildman–Crippen MR) is 67.7 cm³/mol. The largest absolute Gasteiger partial charge is 0.349 e. The molecule has 1 aromatic rings. The summed E-state index contributed by atoms with van der Waals surface area (Å²) >= 11 is 3.45. The summed E-state index contributed by atoms with van der Waals surface area (Å²) < 4.78 is 2.91. The Labute approximate surface area is 109 Å². The lowest BCUT2D eigenvalue weighted by molar-refractivity contribution is -0.136. The van der Waals surface area contributed by atoms with Gasteiger partial charge in [-0.25, -0.2) is 0 Å². The number of hydrogen-bond donors (Lipinski definition) is 1. The third-order valence-corrected chi connectivity index (χ3v) is 3.59. The van der Waals surface area contributed by atoms with Crippen LogP contribution >= 0.6 is 15.9 Å². The van der Waals surface area contributed by atoms with E-state index in [2.05, 4.69) is 26.3 Å². The van der Waals surface area contributed by atoms with Crippen molar-refractivity contribution >= 4 is 27.6 Å². The van der Waals surface area contributed by atoms with Crippen molar-refractivity contribution in [3.8, 4) is 0 Å². The van der Waals surface area contributed by atoms with Crippen molar-refractivity contribution in [2.75, 3.05) is 6.54 Å². The van der Waals surface area contributed by atoms with E-state index < -0.39 is 11.7 Å². The van der Waals surface area contributed by atoms with Gasteiger partial charge < -0.3 is 5.32 Å². The number of ketones is 1. The zero-order valence-electron chi connectivity index (χ0n) is 10.2. The van der Waals surface area contributed by atoms with Crippen molar-refractivity contribution in [3.05, 3.63) is 15.9 Å². The van der Waals surface area contributed by atoms with Crippen LogP contribution in [0.1, 0.15) is 24.7 Å². The number of nitrogens with one attached hydrogen (secondary N) is 1. The molecule has 0 atom stereocenters. The third-order valence-electron chi connectivity index (χ3n) is 2.45. The van der Waals surface area contributed by atoms with Crippen molar-refractivity contribution in [1.29, 1.82) is 0 Å². The Balaban J connectivity index is 2.39. The Kier molecular flexibility index (Phi) is 4.86. The standard InChI is InChI=1S/C11H16BrN3O2/c1-7-10(12)8(2)15(14-7)6-4-5-13-11(17)9(3)16/h4-6H2,1-3H3,(H,13,17). The number of halogens is 1. The number of hydrogen-bond acceptors (Lipinski definition) is 3. The lowest BCUT2D eigenvalue weighted by Crippen LogP contribution is -2.30. The van der Waals surface area contributed by atoms with Gasteiger partial charge in [-0.05, 0) is 36.2 Å². The van der Waals surface area contributed by atoms with Crippen LogP contribution in [0.4, 0.5) is 0 Å². The van der Waals surface area contributed by atoms with Gasteiger partial charge >= 0.3 is 0 Å². The summed E-state index contributed by atoms with van der Waals surface area (Å²) in [5.74, 6) is -0.988. The van der Waals surface area contributed by atoms with Crippen LogP contribution in [0.15, 0.2) is 4.47 Å². The molecule has 1 aromatic heterocycles. The topological polar surface area (TPSA) is 64.0 Å². The van der Waals surface area contributed by atoms with Gasteiger partial charge in [-0.2, -0.15) is 5.10 Å². The summed E-state index contributed by atoms with van der Waals surface area (Å²) in [5.41, 5.74) is 2.02. The molecule has 5 nitrogen and oxygen atoms in total. The maximum atomic E-state index is 11.0. The number of amides is 1. The van der Waals surface area contributed by atoms with Gasteiger partial charge in [-0.15, -0.1) is 0 Å². The van der Waals surface area contributed by atoms with Gasteiger partial charge in [0, 0.05) is 25.7 Å². The van der Waals surface area contributed by atoms with Crippen LogP contribution in [0.25, 0.3) is 0 Å². The molecule has 17 heavy (non-hydrogen) atoms. The Bertz CT molecular complexity index is 440. The highest BCUT2D eigenvalue weighted by molar-refractivity contribution is 9.10. The minimum atomic E-state index is -0.528. The van der Waals surface area contributed by atoms with Gasteiger partial charge in [0.15, 0.2) is 0 Å². The Hall–Kier alpha value is -1.17. The molecule has 0 aliphatic heterocycles. The average molecular weight is 302 g/mol. The summed E-state index contributed by atoms with van der Waals surface area (Å²) in [7, 11) is 0. The predicted octanol–water partition coefficient (Wildman–Crippen LogP) is 1.36. The maximum absolute atomic E-state index is 11.0. The smallest absolute Gasteiger partial charge is 0.287 e. The van der Waals surface area contributed by atoms with Gasteiger partial charge in [0.1, 0.15) is 0 Å². The van der Waals surface area contributed by atoms with Gasteiger partial charge in [-0.3, -0.25) is 14.3 Å². The summed E-state index contributed by atoms with van der Waals surface area (Å²) in [6.07, 6.45) is 0.743. The molecule has 0 bridgehead atoms. The van der Waals surface area contributed by atoms with E-state index in [1.165, 1.54) is 6.92 Å². The van der Waals surface area contributed by atoms with Crippen LogP contribution < -0.4 is 5.32 Å². The number of aromatic nitrogens is 2. The van der Waals surface area contributed by atoms with E-state index in [-0.39, 0.29) is 0 Å². The molecule has 6 heteroatoms. The van der Waals surface area contributed by atoms with E-state index in [0.29, 0.717) is 6.54 Å². The molecule has 0 radical (unpaired) electrons. The van der Waals surface area contributed by atoms with Crippen LogP contribution in [-0.2, 0) is 16.1 Å². The zero-order chi connectivity index (χ0) is 13.0. The van der Waals surface area contributed by atoms with E-state index in [0.717, 1.165) is 28.8 Å². The molecule has 0 aliphatic rings. The summed E-state index contributed by atoms with van der Waals surface area (Å²) in [4.78, 5) is 21.7. The second kappa shape index (κ2) is 5.95. The van der Waals surface area contributed by atoms with Gasteiger partial charge in [0.05, 0.1) is 10.2 Å². The Morgan fingerprint density at radius 2 is 2.06 bits per heavy atom. The fourth-order valence-electron chi connectivity index (χ4n) is 1.45. The number of rotatable bonds is 5. The van der Waals surface area contributed by atoms with E-state index in [9.17, 15) is 9.59 Å². The maximum Gasteiger partial charge on any atom is 0.287 e. The third kappa shape index (κ3) is 3.66. The molecule has 0 saturated heterocycles. The van der Waals surface area contributed by atoms with Crippen molar-refractivity contribution in [2.45, 2.75) is 33.7 Å². The second-order valence-corrected chi connectivity index (χ2v) is 4.67. The highest BCUT2D eigenvalue weighted by Gasteiger charge is 2.09. The SMILES string of the molecule is CC(=O)C(=O)NCCCn1nc(C)c(Br)c1C. The second-order valence-electron chi connectivity index (χ2n) is 3.87. The first-order valence-electron chi connectivity index (χ1n) is 5.41. The van der Waals surface area contributed by atoms with Crippen LogP contribution in [-0.4, -0.2) is 28.0 Å². The number of carbonyl (C=O) groups is 2. The van der Waals surface area contributed by atoms with Gasteiger partial charge in [0.2, 0.25) is 5.78 Å². The minimum Gasteiger partial charge on any atom is -0.349 e. The van der Waals surface area contributed by atoms with Crippen LogP contribution in [0.3, 0.4) is 0 Å². The first-order chi connectivity index (χ1) is 7.93. The molecule has 1 amide bonds. The number of Topliss-reactive ketones (excluding diaryl/α,β-unsaturated/α-hetero) is 1. The number of nitrogens with zero attached hydrogens (tertiary/aromatic N) is 2. The summed E-state index contributed by atoms with van der Waals surface area (Å²) in [6, 6.07) is 0. The molecule has 0 aromatic carbocycles. The fraction of sp³-hybridized carbons (Fsp3) is 0.545. The molecule has 0 fully saturated rings. The van der Waals surface area contributed by atoms with E-state index in [1.807, 2.05) is 18.5 Å². The molecular weight excluding hydrogens is 286 g/mol. The quantitative estimate of drug-likeness (QED) is 0.660. The van der Waals surface area contributed by atoms with E-state index in [1.54, 1.807) is 0 Å². The minimum absolute atomic E-state index is 0.459. The zero-order valence-corrected chi connectivity index (χ0v) is 11.8. The molecule has 0 spiro atoms. The van der Waals surface area contributed by atoms with Crippen molar-refractivity contribution in [2.24, 2.45) is 0 Å². The molecule has 0 aliphatic carbocycles. The van der Waals surface area contributed by atoms with Crippen LogP contribution in [0.2, 0.25) is 0 Å². The Morgan fingerprint density at radius 3 is 2.53 bits per heavy atom. The molecule has 0 unspecified atom stereocenters. The highest BCUT2D eigenvalue weighted by atomic mass is 79.9. The molecule has 94 valence electrons. The van der Waals surface area contributed by atoms with Crippen LogP contribution in [0.5, 0.6) is 0 Å². The first kappa shape index (κ1) is 13.9. The summed E-state index contributed by atoms with van der Waals surface area (Å²) in [5, 5.41) is 6.90. The normalized spacial score (nSPS) is 10.4. The first-order valence-corrected chi connectivity index (χ1v) is 6.21. The van der Waals surface area contributed by atoms with Gasteiger partial charge in [-0.1, -0.05) is 0 Å². The molecular formula is C11H16BrN3O2. The highest BCUT2D eigenvalue weighted by Crippen LogP contribution is 2.19. The number of aryl methyl sites for hydroxylation is 2. The summed E-state index contributed by atoms with van der Waals surface area (Å²) in [6.45, 7) is 6.38. The number of carbonyl (C=O) groups excluding carboxylic acids is 2.